The SMILES string of the molecule is O=C(NCc1cccc(C(F)(F)F)c1)[C@H]1CCN(c2ccc3ccccc3c2)C1=O. The first-order chi connectivity index (χ1) is 14.3. The predicted octanol–water partition coefficient (Wildman–Crippen LogP) is 4.53. The number of carbonyl (C=O) groups is 2. The standard InChI is InChI=1S/C23H19F3N2O2/c24-23(25,26)18-7-3-4-15(12-18)14-27-21(29)20-10-11-28(22(20)30)19-9-8-16-5-1-2-6-17(16)13-19/h1-9,12-13,20H,10-11,14H2,(H,27,29)/t20-/m1/s1. The number of anilines is 1. The van der Waals surface area contributed by atoms with Crippen LogP contribution in [0.25, 0.3) is 10.8 Å². The van der Waals surface area contributed by atoms with Crippen molar-refractivity contribution in [3.63, 3.8) is 0 Å². The molecule has 1 aliphatic rings. The monoisotopic (exact) mass is 412 g/mol. The summed E-state index contributed by atoms with van der Waals surface area (Å²) in [5, 5.41) is 4.66. The number of hydrogen-bond acceptors (Lipinski definition) is 2. The molecule has 1 aliphatic heterocycles. The molecule has 0 aliphatic carbocycles. The number of halogens is 3. The van der Waals surface area contributed by atoms with Crippen LogP contribution >= 0.6 is 0 Å². The van der Waals surface area contributed by atoms with Crippen LogP contribution in [0.3, 0.4) is 0 Å². The van der Waals surface area contributed by atoms with Crippen LogP contribution in [-0.4, -0.2) is 18.4 Å². The highest BCUT2D eigenvalue weighted by Gasteiger charge is 2.37. The number of hydrogen-bond donors (Lipinski definition) is 1. The van der Waals surface area contributed by atoms with E-state index in [1.807, 2.05) is 42.5 Å². The van der Waals surface area contributed by atoms with Crippen molar-refractivity contribution >= 4 is 28.3 Å². The lowest BCUT2D eigenvalue weighted by Crippen LogP contribution is -2.36. The summed E-state index contributed by atoms with van der Waals surface area (Å²) in [5.41, 5.74) is 0.288. The van der Waals surface area contributed by atoms with E-state index in [1.54, 1.807) is 4.90 Å². The van der Waals surface area contributed by atoms with Gasteiger partial charge in [-0.25, -0.2) is 0 Å². The molecule has 2 amide bonds. The van der Waals surface area contributed by atoms with Crippen LogP contribution in [-0.2, 0) is 22.3 Å². The molecule has 1 atom stereocenters. The van der Waals surface area contributed by atoms with Gasteiger partial charge >= 0.3 is 6.18 Å². The van der Waals surface area contributed by atoms with E-state index in [0.717, 1.165) is 28.6 Å². The highest BCUT2D eigenvalue weighted by molar-refractivity contribution is 6.10. The minimum absolute atomic E-state index is 0.0670. The van der Waals surface area contributed by atoms with Crippen molar-refractivity contribution in [2.24, 2.45) is 5.92 Å². The van der Waals surface area contributed by atoms with Gasteiger partial charge in [0.25, 0.3) is 0 Å². The fourth-order valence-corrected chi connectivity index (χ4v) is 3.69. The molecule has 1 N–H and O–H groups in total. The second-order valence-electron chi connectivity index (χ2n) is 7.28. The van der Waals surface area contributed by atoms with Gasteiger partial charge in [-0.05, 0) is 47.0 Å². The molecule has 1 saturated heterocycles. The summed E-state index contributed by atoms with van der Waals surface area (Å²) in [5.74, 6) is -1.62. The van der Waals surface area contributed by atoms with Crippen molar-refractivity contribution in [3.8, 4) is 0 Å². The molecule has 30 heavy (non-hydrogen) atoms. The van der Waals surface area contributed by atoms with Crippen molar-refractivity contribution in [1.29, 1.82) is 0 Å². The molecule has 3 aromatic rings. The molecule has 7 heteroatoms. The van der Waals surface area contributed by atoms with E-state index in [4.69, 9.17) is 0 Å². The van der Waals surface area contributed by atoms with Crippen LogP contribution in [0.1, 0.15) is 17.5 Å². The van der Waals surface area contributed by atoms with Crippen molar-refractivity contribution < 1.29 is 22.8 Å². The number of nitrogens with zero attached hydrogens (tertiary/aromatic N) is 1. The topological polar surface area (TPSA) is 49.4 Å². The van der Waals surface area contributed by atoms with Crippen LogP contribution < -0.4 is 10.2 Å². The molecule has 0 saturated carbocycles. The molecular weight excluding hydrogens is 393 g/mol. The molecule has 0 unspecified atom stereocenters. The summed E-state index contributed by atoms with van der Waals surface area (Å²) in [4.78, 5) is 26.9. The molecule has 154 valence electrons. The molecule has 3 aromatic carbocycles. The molecular formula is C23H19F3N2O2. The fraction of sp³-hybridized carbons (Fsp3) is 0.217. The largest absolute Gasteiger partial charge is 0.416 e. The zero-order valence-corrected chi connectivity index (χ0v) is 15.9. The van der Waals surface area contributed by atoms with E-state index in [1.165, 1.54) is 12.1 Å². The van der Waals surface area contributed by atoms with Gasteiger partial charge in [0.05, 0.1) is 5.56 Å². The second kappa shape index (κ2) is 7.82. The first-order valence-electron chi connectivity index (χ1n) is 9.57. The summed E-state index contributed by atoms with van der Waals surface area (Å²) in [6.45, 7) is 0.349. The van der Waals surface area contributed by atoms with Crippen LogP contribution in [0.5, 0.6) is 0 Å². The van der Waals surface area contributed by atoms with Crippen molar-refractivity contribution in [3.05, 3.63) is 77.9 Å². The van der Waals surface area contributed by atoms with Crippen LogP contribution in [0.15, 0.2) is 66.7 Å². The Balaban J connectivity index is 1.42. The Kier molecular flexibility index (Phi) is 5.20. The van der Waals surface area contributed by atoms with Gasteiger partial charge in [0.2, 0.25) is 11.8 Å². The number of fused-ring (bicyclic) bond motifs is 1. The first-order valence-corrected chi connectivity index (χ1v) is 9.57. The number of nitrogens with one attached hydrogen (secondary N) is 1. The van der Waals surface area contributed by atoms with E-state index >= 15 is 0 Å². The average Bonchev–Trinajstić information content (AvgIpc) is 3.12. The van der Waals surface area contributed by atoms with Gasteiger partial charge in [0.15, 0.2) is 0 Å². The Morgan fingerprint density at radius 3 is 2.53 bits per heavy atom. The maximum absolute atomic E-state index is 12.8. The molecule has 0 spiro atoms. The van der Waals surface area contributed by atoms with Crippen molar-refractivity contribution in [2.75, 3.05) is 11.4 Å². The summed E-state index contributed by atoms with van der Waals surface area (Å²) < 4.78 is 38.5. The van der Waals surface area contributed by atoms with Gasteiger partial charge in [-0.3, -0.25) is 9.59 Å². The third-order valence-electron chi connectivity index (χ3n) is 5.29. The lowest BCUT2D eigenvalue weighted by molar-refractivity contribution is -0.137. The summed E-state index contributed by atoms with van der Waals surface area (Å²) in [7, 11) is 0. The fourth-order valence-electron chi connectivity index (χ4n) is 3.69. The van der Waals surface area contributed by atoms with E-state index in [9.17, 15) is 22.8 Å². The van der Waals surface area contributed by atoms with Gasteiger partial charge in [-0.2, -0.15) is 13.2 Å². The second-order valence-corrected chi connectivity index (χ2v) is 7.28. The Hall–Kier alpha value is -3.35. The van der Waals surface area contributed by atoms with Gasteiger partial charge in [-0.15, -0.1) is 0 Å². The van der Waals surface area contributed by atoms with Crippen molar-refractivity contribution in [2.45, 2.75) is 19.1 Å². The normalized spacial score (nSPS) is 16.8. The maximum Gasteiger partial charge on any atom is 0.416 e. The minimum atomic E-state index is -4.44. The van der Waals surface area contributed by atoms with Gasteiger partial charge < -0.3 is 10.2 Å². The molecule has 0 bridgehead atoms. The van der Waals surface area contributed by atoms with Gasteiger partial charge in [-0.1, -0.05) is 42.5 Å². The number of benzene rings is 3. The van der Waals surface area contributed by atoms with E-state index < -0.39 is 23.6 Å². The number of alkyl halides is 3. The average molecular weight is 412 g/mol. The Morgan fingerprint density at radius 2 is 1.77 bits per heavy atom. The molecule has 4 nitrogen and oxygen atoms in total. The quantitative estimate of drug-likeness (QED) is 0.641. The lowest BCUT2D eigenvalue weighted by Gasteiger charge is -2.17. The third-order valence-corrected chi connectivity index (χ3v) is 5.29. The van der Waals surface area contributed by atoms with E-state index in [0.29, 0.717) is 18.5 Å². The zero-order valence-electron chi connectivity index (χ0n) is 15.9. The number of amides is 2. The van der Waals surface area contributed by atoms with Crippen LogP contribution in [0, 0.1) is 5.92 Å². The number of carbonyl (C=O) groups excluding carboxylic acids is 2. The molecule has 4 rings (SSSR count). The van der Waals surface area contributed by atoms with Crippen LogP contribution in [0.4, 0.5) is 18.9 Å². The highest BCUT2D eigenvalue weighted by atomic mass is 19.4. The molecule has 1 fully saturated rings. The van der Waals surface area contributed by atoms with Gasteiger partial charge in [0, 0.05) is 18.8 Å². The van der Waals surface area contributed by atoms with Gasteiger partial charge in [0.1, 0.15) is 5.92 Å². The lowest BCUT2D eigenvalue weighted by atomic mass is 10.1. The molecule has 1 heterocycles. The Morgan fingerprint density at radius 1 is 1.00 bits per heavy atom. The zero-order chi connectivity index (χ0) is 21.3. The van der Waals surface area contributed by atoms with Crippen LogP contribution in [0.2, 0.25) is 0 Å². The predicted molar refractivity (Wildman–Crippen MR) is 108 cm³/mol. The number of rotatable bonds is 4. The first kappa shape index (κ1) is 19.9. The summed E-state index contributed by atoms with van der Waals surface area (Å²) in [6, 6.07) is 18.3. The third kappa shape index (κ3) is 4.01. The highest BCUT2D eigenvalue weighted by Crippen LogP contribution is 2.30. The smallest absolute Gasteiger partial charge is 0.351 e. The maximum atomic E-state index is 12.8. The molecule has 0 radical (unpaired) electrons. The summed E-state index contributed by atoms with van der Waals surface area (Å²) >= 11 is 0. The van der Waals surface area contributed by atoms with E-state index in [2.05, 4.69) is 5.32 Å². The van der Waals surface area contributed by atoms with E-state index in [-0.39, 0.29) is 12.5 Å². The Bertz CT molecular complexity index is 1110. The Labute approximate surface area is 171 Å². The molecule has 0 aromatic heterocycles. The minimum Gasteiger partial charge on any atom is -0.351 e. The summed E-state index contributed by atoms with van der Waals surface area (Å²) in [6.07, 6.45) is -4.08. The van der Waals surface area contributed by atoms with Crippen molar-refractivity contribution in [1.82, 2.24) is 5.32 Å².